The first kappa shape index (κ1) is 32.0. The van der Waals surface area contributed by atoms with Crippen LogP contribution in [0.1, 0.15) is 5.56 Å². The van der Waals surface area contributed by atoms with Gasteiger partial charge in [-0.1, -0.05) is 66.7 Å². The van der Waals surface area contributed by atoms with Crippen LogP contribution in [0.4, 0.5) is 11.4 Å². The molecule has 0 atom stereocenters. The van der Waals surface area contributed by atoms with E-state index < -0.39 is 50.1 Å². The molecule has 0 aliphatic carbocycles. The van der Waals surface area contributed by atoms with Crippen molar-refractivity contribution in [2.24, 2.45) is 5.10 Å². The molecule has 1 heterocycles. The van der Waals surface area contributed by atoms with Gasteiger partial charge in [-0.15, -0.1) is 5.10 Å². The minimum Gasteiger partial charge on any atom is -0.480 e. The summed E-state index contributed by atoms with van der Waals surface area (Å²) >= 11 is 0. The molecule has 3 aromatic rings. The highest BCUT2D eigenvalue weighted by molar-refractivity contribution is 6.02. The zero-order valence-electron chi connectivity index (χ0n) is 23.1. The van der Waals surface area contributed by atoms with Gasteiger partial charge in [-0.3, -0.25) is 34.4 Å². The molecule has 1 aliphatic rings. The summed E-state index contributed by atoms with van der Waals surface area (Å²) in [6.45, 7) is -2.25. The first-order valence-electron chi connectivity index (χ1n) is 13.0. The maximum absolute atomic E-state index is 10.6. The highest BCUT2D eigenvalue weighted by atomic mass is 16.4. The number of aliphatic carboxylic acids is 4. The van der Waals surface area contributed by atoms with E-state index in [4.69, 9.17) is 25.5 Å². The number of hydrogen-bond acceptors (Lipinski definition) is 10. The van der Waals surface area contributed by atoms with Crippen LogP contribution in [0, 0.1) is 0 Å². The summed E-state index contributed by atoms with van der Waals surface area (Å²) in [5.74, 6) is -4.09. The number of nitrogens with zero attached hydrogens (tertiary/aromatic N) is 5. The molecule has 4 rings (SSSR count). The molecular weight excluding hydrogens is 560 g/mol. The van der Waals surface area contributed by atoms with Gasteiger partial charge < -0.3 is 20.4 Å². The average Bonchev–Trinajstić information content (AvgIpc) is 3.42. The predicted molar refractivity (Wildman–Crippen MR) is 157 cm³/mol. The number of amidine groups is 1. The van der Waals surface area contributed by atoms with Gasteiger partial charge in [-0.05, 0) is 24.3 Å². The molecule has 5 N–H and O–H groups in total. The normalized spacial score (nSPS) is 12.3. The molecule has 0 bridgehead atoms. The van der Waals surface area contributed by atoms with Crippen LogP contribution in [0.5, 0.6) is 0 Å². The summed E-state index contributed by atoms with van der Waals surface area (Å²) in [6, 6.07) is 30.3. The number of nitrogens with one attached hydrogen (secondary N) is 1. The molecule has 0 unspecified atom stereocenters. The van der Waals surface area contributed by atoms with Crippen molar-refractivity contribution in [1.82, 2.24) is 15.2 Å². The number of hydrazine groups is 2. The van der Waals surface area contributed by atoms with E-state index in [1.165, 1.54) is 0 Å². The summed E-state index contributed by atoms with van der Waals surface area (Å²) in [7, 11) is 0. The topological polar surface area (TPSA) is 187 Å². The standard InChI is InChI=1S/C19H16N4.C10H16N2O8/c1-4-10-16(11-5-1)19-20-22(17-12-6-2-7-13-17)23(21-19)18-14-8-3-9-15-18;13-7(14)3-11(4-8(15)16)1-2-12(5-9(17)18)6-10(19)20/h1-15H,(H,20,21);1-6H2,(H,13,14)(H,15,16)(H,17,18)(H,19,20). The molecule has 1 aliphatic heterocycles. The smallest absolute Gasteiger partial charge is 0.317 e. The van der Waals surface area contributed by atoms with E-state index in [0.717, 1.165) is 32.6 Å². The van der Waals surface area contributed by atoms with Gasteiger partial charge in [0.2, 0.25) is 0 Å². The molecule has 3 aromatic carbocycles. The van der Waals surface area contributed by atoms with Crippen LogP contribution < -0.4 is 15.7 Å². The van der Waals surface area contributed by atoms with Crippen LogP contribution in [0.25, 0.3) is 0 Å². The molecule has 43 heavy (non-hydrogen) atoms. The van der Waals surface area contributed by atoms with E-state index in [1.54, 1.807) is 0 Å². The lowest BCUT2D eigenvalue weighted by atomic mass is 10.2. The molecular formula is C29H32N6O8. The van der Waals surface area contributed by atoms with Crippen molar-refractivity contribution >= 4 is 41.1 Å². The van der Waals surface area contributed by atoms with Gasteiger partial charge in [0, 0.05) is 18.7 Å². The van der Waals surface area contributed by atoms with Crippen LogP contribution in [-0.4, -0.2) is 99.2 Å². The molecule has 0 saturated carbocycles. The predicted octanol–water partition coefficient (Wildman–Crippen LogP) is 1.72. The Balaban J connectivity index is 0.000000239. The molecule has 0 spiro atoms. The fourth-order valence-corrected chi connectivity index (χ4v) is 3.98. The van der Waals surface area contributed by atoms with E-state index in [-0.39, 0.29) is 13.1 Å². The lowest BCUT2D eigenvalue weighted by molar-refractivity contribution is -0.145. The molecule has 14 nitrogen and oxygen atoms in total. The third-order valence-corrected chi connectivity index (χ3v) is 5.80. The first-order valence-corrected chi connectivity index (χ1v) is 13.0. The fraction of sp³-hybridized carbons (Fsp3) is 0.207. The van der Waals surface area contributed by atoms with Gasteiger partial charge in [0.15, 0.2) is 5.84 Å². The second kappa shape index (κ2) is 16.1. The second-order valence-electron chi connectivity index (χ2n) is 9.20. The van der Waals surface area contributed by atoms with E-state index >= 15 is 0 Å². The van der Waals surface area contributed by atoms with Crippen molar-refractivity contribution in [1.29, 1.82) is 0 Å². The number of carboxylic acids is 4. The van der Waals surface area contributed by atoms with Crippen molar-refractivity contribution < 1.29 is 39.6 Å². The number of hydrazone groups is 1. The zero-order chi connectivity index (χ0) is 31.2. The Morgan fingerprint density at radius 2 is 0.953 bits per heavy atom. The monoisotopic (exact) mass is 592 g/mol. The van der Waals surface area contributed by atoms with E-state index in [2.05, 4.69) is 5.43 Å². The van der Waals surface area contributed by atoms with Crippen LogP contribution in [0.2, 0.25) is 0 Å². The van der Waals surface area contributed by atoms with Gasteiger partial charge >= 0.3 is 23.9 Å². The molecule has 0 radical (unpaired) electrons. The van der Waals surface area contributed by atoms with E-state index in [0.29, 0.717) is 0 Å². The van der Waals surface area contributed by atoms with Crippen LogP contribution >= 0.6 is 0 Å². The molecule has 0 fully saturated rings. The molecule has 0 aromatic heterocycles. The van der Waals surface area contributed by atoms with Gasteiger partial charge in [-0.2, -0.15) is 10.2 Å². The third kappa shape index (κ3) is 10.8. The maximum Gasteiger partial charge on any atom is 0.317 e. The Labute approximate surface area is 247 Å². The Morgan fingerprint density at radius 1 is 0.581 bits per heavy atom. The van der Waals surface area contributed by atoms with Crippen molar-refractivity contribution in [2.45, 2.75) is 0 Å². The second-order valence-corrected chi connectivity index (χ2v) is 9.20. The minimum atomic E-state index is -1.23. The third-order valence-electron chi connectivity index (χ3n) is 5.80. The van der Waals surface area contributed by atoms with E-state index in [9.17, 15) is 19.2 Å². The summed E-state index contributed by atoms with van der Waals surface area (Å²) in [5.41, 5.74) is 6.44. The number of anilines is 2. The molecule has 0 saturated heterocycles. The highest BCUT2D eigenvalue weighted by Crippen LogP contribution is 2.25. The van der Waals surface area contributed by atoms with Crippen LogP contribution in [0.15, 0.2) is 96.1 Å². The summed E-state index contributed by atoms with van der Waals surface area (Å²) < 4.78 is 0. The number of rotatable bonds is 14. The van der Waals surface area contributed by atoms with E-state index in [1.807, 2.05) is 101 Å². The van der Waals surface area contributed by atoms with Crippen molar-refractivity contribution in [3.63, 3.8) is 0 Å². The lowest BCUT2D eigenvalue weighted by Gasteiger charge is -2.27. The summed E-state index contributed by atoms with van der Waals surface area (Å²) in [4.78, 5) is 44.4. The zero-order valence-corrected chi connectivity index (χ0v) is 23.1. The molecule has 14 heteroatoms. The number of carbonyl (C=O) groups is 4. The van der Waals surface area contributed by atoms with Crippen molar-refractivity contribution in [3.8, 4) is 0 Å². The van der Waals surface area contributed by atoms with Gasteiger partial charge in [0.05, 0.1) is 37.6 Å². The van der Waals surface area contributed by atoms with Crippen LogP contribution in [0.3, 0.4) is 0 Å². The minimum absolute atomic E-state index is 0.0703. The van der Waals surface area contributed by atoms with Gasteiger partial charge in [0.1, 0.15) is 0 Å². The number of carboxylic acid groups (broad SMARTS) is 4. The summed E-state index contributed by atoms with van der Waals surface area (Å²) in [5, 5.41) is 43.0. The maximum atomic E-state index is 10.6. The Kier molecular flexibility index (Phi) is 12.0. The van der Waals surface area contributed by atoms with Crippen molar-refractivity contribution in [3.05, 3.63) is 96.6 Å². The lowest BCUT2D eigenvalue weighted by Crippen LogP contribution is -2.44. The average molecular weight is 593 g/mol. The van der Waals surface area contributed by atoms with Crippen molar-refractivity contribution in [2.75, 3.05) is 49.5 Å². The molecule has 226 valence electrons. The van der Waals surface area contributed by atoms with Crippen LogP contribution in [-0.2, 0) is 19.2 Å². The number of benzene rings is 3. The Morgan fingerprint density at radius 3 is 1.35 bits per heavy atom. The Bertz CT molecular complexity index is 1320. The first-order chi connectivity index (χ1) is 20.6. The quantitative estimate of drug-likeness (QED) is 0.182. The summed E-state index contributed by atoms with van der Waals surface area (Å²) in [6.07, 6.45) is 0. The SMILES string of the molecule is O=C(O)CN(CCN(CC(=O)O)CC(=O)O)CC(=O)O.c1ccc(C2=NN(c3ccccc3)N(c3ccccc3)N2)cc1. The van der Waals surface area contributed by atoms with Gasteiger partial charge in [-0.25, -0.2) is 0 Å². The number of para-hydroxylation sites is 2. The Hall–Kier alpha value is -5.47. The van der Waals surface area contributed by atoms with Gasteiger partial charge in [0.25, 0.3) is 0 Å². The number of hydrogen-bond donors (Lipinski definition) is 5. The fourth-order valence-electron chi connectivity index (χ4n) is 3.98. The molecule has 0 amide bonds. The largest absolute Gasteiger partial charge is 0.480 e. The highest BCUT2D eigenvalue weighted by Gasteiger charge is 2.26.